The molecule has 0 aliphatic heterocycles. The van der Waals surface area contributed by atoms with Crippen molar-refractivity contribution < 1.29 is 14.7 Å². The molecule has 0 aromatic rings. The number of carboxylic acid groups (broad SMARTS) is 1. The van der Waals surface area contributed by atoms with Crippen molar-refractivity contribution in [2.75, 3.05) is 0 Å². The van der Waals surface area contributed by atoms with Crippen molar-refractivity contribution in [2.45, 2.75) is 19.8 Å². The van der Waals surface area contributed by atoms with Crippen LogP contribution >= 0.6 is 0 Å². The first kappa shape index (κ1) is 12.1. The average Bonchev–Trinajstić information content (AvgIpc) is 1.67. The molecule has 9 heavy (non-hydrogen) atoms. The van der Waals surface area contributed by atoms with Gasteiger partial charge in [0.2, 0.25) is 5.78 Å². The Morgan fingerprint density at radius 3 is 2.00 bits per heavy atom. The maximum atomic E-state index is 10.1. The van der Waals surface area contributed by atoms with Crippen LogP contribution in [0.4, 0.5) is 0 Å². The number of aliphatic carboxylic acids is 1. The van der Waals surface area contributed by atoms with Crippen LogP contribution in [0.15, 0.2) is 0 Å². The maximum absolute atomic E-state index is 10.1. The van der Waals surface area contributed by atoms with Gasteiger partial charge < -0.3 is 5.11 Å². The molecule has 0 aromatic heterocycles. The van der Waals surface area contributed by atoms with Crippen LogP contribution in [0.1, 0.15) is 19.8 Å². The summed E-state index contributed by atoms with van der Waals surface area (Å²) in [6.07, 6.45) is 0.750. The Morgan fingerprint density at radius 2 is 1.89 bits per heavy atom. The van der Waals surface area contributed by atoms with E-state index in [0.29, 0.717) is 6.42 Å². The van der Waals surface area contributed by atoms with Gasteiger partial charge in [-0.3, -0.25) is 4.79 Å². The molecule has 0 aliphatic carbocycles. The van der Waals surface area contributed by atoms with Crippen LogP contribution in [-0.2, 0) is 9.59 Å². The van der Waals surface area contributed by atoms with Crippen LogP contribution in [0.2, 0.25) is 0 Å². The molecular weight excluding hydrogens is 148 g/mol. The molecule has 0 rings (SSSR count). The van der Waals surface area contributed by atoms with E-state index in [9.17, 15) is 9.59 Å². The molecule has 0 atom stereocenters. The number of Topliss-reactive ketones (excluding diaryl/α,β-unsaturated/α-hetero) is 1. The van der Waals surface area contributed by atoms with Gasteiger partial charge in [0.25, 0.3) is 0 Å². The topological polar surface area (TPSA) is 54.4 Å². The number of hydrogen-bond donors (Lipinski definition) is 1. The third-order valence-electron chi connectivity index (χ3n) is 0.716. The molecule has 0 saturated heterocycles. The minimum atomic E-state index is -1.33. The first-order valence-electron chi connectivity index (χ1n) is 2.44. The standard InChI is InChI=1S/C5H8O3.Ca.2H/c1-2-3-4(6)5(7)8;;;/h2-3H2,1H3,(H,7,8);;;. The van der Waals surface area contributed by atoms with E-state index in [0.717, 1.165) is 0 Å². The zero-order valence-electron chi connectivity index (χ0n) is 4.68. The molecule has 0 amide bonds. The summed E-state index contributed by atoms with van der Waals surface area (Å²) in [5, 5.41) is 7.96. The predicted molar refractivity (Wildman–Crippen MR) is 36.1 cm³/mol. The first-order chi connectivity index (χ1) is 3.68. The Morgan fingerprint density at radius 1 is 1.44 bits per heavy atom. The average molecular weight is 158 g/mol. The van der Waals surface area contributed by atoms with Gasteiger partial charge in [-0.1, -0.05) is 6.92 Å². The number of ketones is 1. The zero-order chi connectivity index (χ0) is 6.57. The van der Waals surface area contributed by atoms with E-state index in [4.69, 9.17) is 5.11 Å². The third-order valence-corrected chi connectivity index (χ3v) is 0.716. The Kier molecular flexibility index (Phi) is 8.77. The van der Waals surface area contributed by atoms with Gasteiger partial charge in [0.1, 0.15) is 0 Å². The van der Waals surface area contributed by atoms with Crippen molar-refractivity contribution in [3.8, 4) is 0 Å². The summed E-state index contributed by atoms with van der Waals surface area (Å²) in [7, 11) is 0. The molecule has 0 aromatic carbocycles. The van der Waals surface area contributed by atoms with Crippen LogP contribution in [0, 0.1) is 0 Å². The van der Waals surface area contributed by atoms with Gasteiger partial charge in [-0.25, -0.2) is 4.79 Å². The monoisotopic (exact) mass is 158 g/mol. The molecule has 0 bridgehead atoms. The van der Waals surface area contributed by atoms with E-state index >= 15 is 0 Å². The normalized spacial score (nSPS) is 7.67. The summed E-state index contributed by atoms with van der Waals surface area (Å²) in [4.78, 5) is 19.9. The second-order valence-corrected chi connectivity index (χ2v) is 1.48. The van der Waals surface area contributed by atoms with Gasteiger partial charge in [0.15, 0.2) is 0 Å². The van der Waals surface area contributed by atoms with Gasteiger partial charge in [-0.05, 0) is 6.42 Å². The van der Waals surface area contributed by atoms with Crippen molar-refractivity contribution in [1.29, 1.82) is 0 Å². The van der Waals surface area contributed by atoms with Crippen LogP contribution in [0.3, 0.4) is 0 Å². The molecule has 3 nitrogen and oxygen atoms in total. The number of hydrogen-bond acceptors (Lipinski definition) is 2. The molecule has 0 unspecified atom stereocenters. The second-order valence-electron chi connectivity index (χ2n) is 1.48. The van der Waals surface area contributed by atoms with Gasteiger partial charge >= 0.3 is 43.7 Å². The van der Waals surface area contributed by atoms with E-state index in [1.807, 2.05) is 0 Å². The number of rotatable bonds is 3. The molecular formula is C5H10CaO3. The molecule has 0 heterocycles. The van der Waals surface area contributed by atoms with E-state index in [1.54, 1.807) is 6.92 Å². The van der Waals surface area contributed by atoms with Crippen molar-refractivity contribution >= 4 is 49.5 Å². The van der Waals surface area contributed by atoms with Crippen molar-refractivity contribution in [1.82, 2.24) is 0 Å². The molecule has 0 radical (unpaired) electrons. The van der Waals surface area contributed by atoms with Crippen LogP contribution in [0.25, 0.3) is 0 Å². The van der Waals surface area contributed by atoms with Crippen LogP contribution in [0.5, 0.6) is 0 Å². The molecule has 0 saturated carbocycles. The number of carbonyl (C=O) groups excluding carboxylic acids is 1. The van der Waals surface area contributed by atoms with E-state index < -0.39 is 11.8 Å². The number of carbonyl (C=O) groups is 2. The Balaban J connectivity index is 0. The summed E-state index contributed by atoms with van der Waals surface area (Å²) in [6.45, 7) is 1.76. The number of carboxylic acids is 1. The van der Waals surface area contributed by atoms with Crippen LogP contribution < -0.4 is 0 Å². The summed E-state index contributed by atoms with van der Waals surface area (Å²) in [5.41, 5.74) is 0. The fourth-order valence-electron chi connectivity index (χ4n) is 0.334. The van der Waals surface area contributed by atoms with Crippen LogP contribution in [-0.4, -0.2) is 54.6 Å². The van der Waals surface area contributed by atoms with E-state index in [1.165, 1.54) is 0 Å². The SMILES string of the molecule is CCCC(=O)C(=O)O.[CaH2]. The quantitative estimate of drug-likeness (QED) is 0.446. The Hall–Kier alpha value is 0.400. The third kappa shape index (κ3) is 6.28. The molecule has 1 N–H and O–H groups in total. The van der Waals surface area contributed by atoms with Gasteiger partial charge in [0, 0.05) is 6.42 Å². The van der Waals surface area contributed by atoms with E-state index in [2.05, 4.69) is 0 Å². The minimum absolute atomic E-state index is 0. The van der Waals surface area contributed by atoms with Crippen molar-refractivity contribution in [2.24, 2.45) is 0 Å². The molecule has 50 valence electrons. The Labute approximate surface area is 83.4 Å². The predicted octanol–water partition coefficient (Wildman–Crippen LogP) is -0.476. The summed E-state index contributed by atoms with van der Waals surface area (Å²) in [5.74, 6) is -2.03. The zero-order valence-corrected chi connectivity index (χ0v) is 4.68. The van der Waals surface area contributed by atoms with Crippen molar-refractivity contribution in [3.05, 3.63) is 0 Å². The van der Waals surface area contributed by atoms with E-state index in [-0.39, 0.29) is 44.2 Å². The molecule has 0 fully saturated rings. The van der Waals surface area contributed by atoms with Gasteiger partial charge in [0.05, 0.1) is 0 Å². The molecule has 4 heteroatoms. The van der Waals surface area contributed by atoms with Gasteiger partial charge in [-0.15, -0.1) is 0 Å². The van der Waals surface area contributed by atoms with Crippen molar-refractivity contribution in [3.63, 3.8) is 0 Å². The fourth-order valence-corrected chi connectivity index (χ4v) is 0.334. The summed E-state index contributed by atoms with van der Waals surface area (Å²) < 4.78 is 0. The first-order valence-corrected chi connectivity index (χ1v) is 2.44. The second kappa shape index (κ2) is 6.52. The molecule has 0 spiro atoms. The Bertz CT molecular complexity index is 111. The summed E-state index contributed by atoms with van der Waals surface area (Å²) in [6, 6.07) is 0. The summed E-state index contributed by atoms with van der Waals surface area (Å²) >= 11 is 0. The fraction of sp³-hybridized carbons (Fsp3) is 0.600. The molecule has 0 aliphatic rings. The van der Waals surface area contributed by atoms with Gasteiger partial charge in [-0.2, -0.15) is 0 Å².